The Morgan fingerprint density at radius 2 is 1.68 bits per heavy atom. The van der Waals surface area contributed by atoms with Gasteiger partial charge in [0.1, 0.15) is 5.60 Å². The van der Waals surface area contributed by atoms with Crippen LogP contribution in [0.3, 0.4) is 0 Å². The fraction of sp³-hybridized carbons (Fsp3) is 0.600. The van der Waals surface area contributed by atoms with Crippen molar-refractivity contribution in [2.45, 2.75) is 59.0 Å². The molecule has 0 radical (unpaired) electrons. The zero-order valence-electron chi connectivity index (χ0n) is 16.2. The highest BCUT2D eigenvalue weighted by molar-refractivity contribution is 5.93. The molecule has 1 aliphatic heterocycles. The van der Waals surface area contributed by atoms with Crippen LogP contribution in [0.5, 0.6) is 0 Å². The molecule has 2 rings (SSSR count). The third-order valence-corrected chi connectivity index (χ3v) is 4.23. The van der Waals surface area contributed by atoms with Crippen LogP contribution in [-0.4, -0.2) is 35.6 Å². The average Bonchev–Trinajstić information content (AvgIpc) is 2.95. The van der Waals surface area contributed by atoms with Crippen molar-refractivity contribution in [3.63, 3.8) is 0 Å². The molecule has 1 aliphatic rings. The second kappa shape index (κ2) is 7.06. The number of benzene rings is 1. The summed E-state index contributed by atoms with van der Waals surface area (Å²) in [5.41, 5.74) is 1.57. The Bertz CT molecular complexity index is 624. The van der Waals surface area contributed by atoms with Crippen molar-refractivity contribution in [3.05, 3.63) is 29.8 Å². The third-order valence-electron chi connectivity index (χ3n) is 4.23. The van der Waals surface area contributed by atoms with Crippen LogP contribution in [0, 0.1) is 5.92 Å². The van der Waals surface area contributed by atoms with Crippen molar-refractivity contribution < 1.29 is 14.3 Å². The van der Waals surface area contributed by atoms with Crippen LogP contribution in [0.25, 0.3) is 0 Å². The van der Waals surface area contributed by atoms with E-state index in [0.717, 1.165) is 5.69 Å². The Hall–Kier alpha value is -2.04. The van der Waals surface area contributed by atoms with Crippen molar-refractivity contribution >= 4 is 17.7 Å². The summed E-state index contributed by atoms with van der Waals surface area (Å²) >= 11 is 0. The van der Waals surface area contributed by atoms with Gasteiger partial charge in [0.2, 0.25) is 5.91 Å². The molecule has 1 saturated heterocycles. The second-order valence-electron chi connectivity index (χ2n) is 8.73. The fourth-order valence-corrected chi connectivity index (χ4v) is 2.76. The maximum atomic E-state index is 12.5. The smallest absolute Gasteiger partial charge is 0.410 e. The van der Waals surface area contributed by atoms with Crippen molar-refractivity contribution in [2.75, 3.05) is 18.4 Å². The normalized spacial score (nSPS) is 18.2. The van der Waals surface area contributed by atoms with Crippen molar-refractivity contribution in [2.24, 2.45) is 5.92 Å². The molecule has 1 aromatic rings. The number of nitrogens with zero attached hydrogens (tertiary/aromatic N) is 1. The van der Waals surface area contributed by atoms with Crippen LogP contribution in [-0.2, 0) is 14.9 Å². The summed E-state index contributed by atoms with van der Waals surface area (Å²) in [5.74, 6) is -0.246. The number of hydrogen-bond acceptors (Lipinski definition) is 3. The number of hydrogen-bond donors (Lipinski definition) is 1. The first kappa shape index (κ1) is 19.3. The van der Waals surface area contributed by atoms with Crippen LogP contribution in [0.2, 0.25) is 0 Å². The Morgan fingerprint density at radius 3 is 2.20 bits per heavy atom. The number of carbonyl (C=O) groups is 2. The van der Waals surface area contributed by atoms with Gasteiger partial charge in [-0.15, -0.1) is 0 Å². The summed E-state index contributed by atoms with van der Waals surface area (Å²) in [6.07, 6.45) is 0.308. The minimum atomic E-state index is -0.522. The number of anilines is 1. The summed E-state index contributed by atoms with van der Waals surface area (Å²) in [6, 6.07) is 7.94. The molecule has 5 nitrogen and oxygen atoms in total. The largest absolute Gasteiger partial charge is 0.444 e. The molecule has 1 unspecified atom stereocenters. The lowest BCUT2D eigenvalue weighted by Gasteiger charge is -2.24. The van der Waals surface area contributed by atoms with E-state index in [9.17, 15) is 9.59 Å². The highest BCUT2D eigenvalue weighted by atomic mass is 16.6. The van der Waals surface area contributed by atoms with Crippen LogP contribution in [0.1, 0.15) is 53.5 Å². The maximum absolute atomic E-state index is 12.5. The highest BCUT2D eigenvalue weighted by Crippen LogP contribution is 2.25. The monoisotopic (exact) mass is 346 g/mol. The minimum absolute atomic E-state index is 0.0467. The van der Waals surface area contributed by atoms with E-state index in [-0.39, 0.29) is 23.3 Å². The summed E-state index contributed by atoms with van der Waals surface area (Å²) in [7, 11) is 0. The van der Waals surface area contributed by atoms with Crippen molar-refractivity contribution in [3.8, 4) is 0 Å². The van der Waals surface area contributed by atoms with E-state index in [4.69, 9.17) is 4.74 Å². The van der Waals surface area contributed by atoms with E-state index in [0.29, 0.717) is 19.5 Å². The SMILES string of the molecule is CC(C)(C)OC(=O)N1CCC(C(=O)Nc2ccc(C(C)(C)C)cc2)C1. The third kappa shape index (κ3) is 5.48. The molecule has 5 heteroatoms. The molecule has 138 valence electrons. The molecule has 1 atom stereocenters. The van der Waals surface area contributed by atoms with E-state index >= 15 is 0 Å². The van der Waals surface area contributed by atoms with E-state index in [1.807, 2.05) is 45.0 Å². The Morgan fingerprint density at radius 1 is 1.08 bits per heavy atom. The number of likely N-dealkylation sites (tertiary alicyclic amines) is 1. The molecule has 0 saturated carbocycles. The zero-order chi connectivity index (χ0) is 18.8. The molecule has 0 spiro atoms. The van der Waals surface area contributed by atoms with Gasteiger partial charge in [0.15, 0.2) is 0 Å². The van der Waals surface area contributed by atoms with Gasteiger partial charge in [-0.05, 0) is 50.3 Å². The number of nitrogens with one attached hydrogen (secondary N) is 1. The van der Waals surface area contributed by atoms with Crippen molar-refractivity contribution in [1.82, 2.24) is 4.90 Å². The van der Waals surface area contributed by atoms with Gasteiger partial charge in [-0.25, -0.2) is 4.79 Å². The van der Waals surface area contributed by atoms with Crippen LogP contribution in [0.15, 0.2) is 24.3 Å². The lowest BCUT2D eigenvalue weighted by Crippen LogP contribution is -2.36. The molecule has 1 heterocycles. The van der Waals surface area contributed by atoms with E-state index in [2.05, 4.69) is 26.1 Å². The second-order valence-corrected chi connectivity index (χ2v) is 8.73. The molecule has 1 fully saturated rings. The summed E-state index contributed by atoms with van der Waals surface area (Å²) in [6.45, 7) is 12.9. The molecule has 0 aliphatic carbocycles. The van der Waals surface area contributed by atoms with E-state index in [1.54, 1.807) is 4.90 Å². The maximum Gasteiger partial charge on any atom is 0.410 e. The molecular weight excluding hydrogens is 316 g/mol. The number of ether oxygens (including phenoxy) is 1. The minimum Gasteiger partial charge on any atom is -0.444 e. The standard InChI is InChI=1S/C20H30N2O3/c1-19(2,3)15-7-9-16(10-8-15)21-17(23)14-11-12-22(13-14)18(24)25-20(4,5)6/h7-10,14H,11-13H2,1-6H3,(H,21,23). The predicted octanol–water partition coefficient (Wildman–Crippen LogP) is 4.18. The first-order chi connectivity index (χ1) is 11.5. The van der Waals surface area contributed by atoms with Crippen LogP contribution < -0.4 is 5.32 Å². The number of amides is 2. The number of carbonyl (C=O) groups excluding carboxylic acids is 2. The van der Waals surface area contributed by atoms with E-state index in [1.165, 1.54) is 5.56 Å². The van der Waals surface area contributed by atoms with E-state index < -0.39 is 5.60 Å². The first-order valence-electron chi connectivity index (χ1n) is 8.85. The lowest BCUT2D eigenvalue weighted by molar-refractivity contribution is -0.119. The Labute approximate surface area is 150 Å². The molecule has 1 aromatic carbocycles. The molecule has 25 heavy (non-hydrogen) atoms. The molecule has 0 aromatic heterocycles. The van der Waals surface area contributed by atoms with Gasteiger partial charge < -0.3 is 15.0 Å². The topological polar surface area (TPSA) is 58.6 Å². The van der Waals surface area contributed by atoms with Crippen LogP contribution in [0.4, 0.5) is 10.5 Å². The summed E-state index contributed by atoms with van der Waals surface area (Å²) < 4.78 is 5.37. The average molecular weight is 346 g/mol. The van der Waals surface area contributed by atoms with Gasteiger partial charge in [-0.3, -0.25) is 4.79 Å². The zero-order valence-corrected chi connectivity index (χ0v) is 16.2. The van der Waals surface area contributed by atoms with Gasteiger partial charge in [0, 0.05) is 18.8 Å². The lowest BCUT2D eigenvalue weighted by atomic mass is 9.87. The Balaban J connectivity index is 1.91. The number of rotatable bonds is 2. The first-order valence-corrected chi connectivity index (χ1v) is 8.85. The Kier molecular flexibility index (Phi) is 5.45. The molecule has 2 amide bonds. The summed E-state index contributed by atoms with van der Waals surface area (Å²) in [5, 5.41) is 2.95. The van der Waals surface area contributed by atoms with Crippen molar-refractivity contribution in [1.29, 1.82) is 0 Å². The van der Waals surface area contributed by atoms with Gasteiger partial charge in [-0.1, -0.05) is 32.9 Å². The van der Waals surface area contributed by atoms with Gasteiger partial charge in [0.25, 0.3) is 0 Å². The van der Waals surface area contributed by atoms with Crippen LogP contribution >= 0.6 is 0 Å². The van der Waals surface area contributed by atoms with Gasteiger partial charge >= 0.3 is 6.09 Å². The molecule has 1 N–H and O–H groups in total. The molecular formula is C20H30N2O3. The van der Waals surface area contributed by atoms with Gasteiger partial charge in [0.05, 0.1) is 5.92 Å². The van der Waals surface area contributed by atoms with Gasteiger partial charge in [-0.2, -0.15) is 0 Å². The molecule has 0 bridgehead atoms. The highest BCUT2D eigenvalue weighted by Gasteiger charge is 2.33. The predicted molar refractivity (Wildman–Crippen MR) is 99.7 cm³/mol. The fourth-order valence-electron chi connectivity index (χ4n) is 2.76. The quantitative estimate of drug-likeness (QED) is 0.874. The summed E-state index contributed by atoms with van der Waals surface area (Å²) in [4.78, 5) is 26.2.